The van der Waals surface area contributed by atoms with Gasteiger partial charge in [-0.3, -0.25) is 0 Å². The first-order chi connectivity index (χ1) is 16.2. The van der Waals surface area contributed by atoms with Gasteiger partial charge in [-0.1, -0.05) is 47.5 Å². The Kier molecular flexibility index (Phi) is 8.21. The first-order valence-corrected chi connectivity index (χ1v) is 11.0. The fraction of sp³-hybridized carbons (Fsp3) is 0.286. The molecule has 0 aliphatic heterocycles. The summed E-state index contributed by atoms with van der Waals surface area (Å²) in [5.74, 6) is -0.334. The van der Waals surface area contributed by atoms with Crippen LogP contribution in [0, 0.1) is 27.7 Å². The molecule has 0 aliphatic carbocycles. The molecule has 34 heavy (non-hydrogen) atoms. The van der Waals surface area contributed by atoms with Crippen molar-refractivity contribution in [2.45, 2.75) is 27.7 Å². The maximum absolute atomic E-state index is 12.6. The molecule has 0 heterocycles. The molecule has 0 aliphatic rings. The number of aryl methyl sites for hydroxylation is 4. The highest BCUT2D eigenvalue weighted by atomic mass is 16.6. The summed E-state index contributed by atoms with van der Waals surface area (Å²) < 4.78 is 21.4. The fourth-order valence-electron chi connectivity index (χ4n) is 3.94. The Labute approximate surface area is 200 Å². The SMILES string of the molecule is COCC(=O)Oc1cc(-c2ccc(C)cc2C)c(OC(=O)COC)c(-c2ccc(C)cc2C)c1. The Morgan fingerprint density at radius 3 is 1.47 bits per heavy atom. The first-order valence-electron chi connectivity index (χ1n) is 11.0. The topological polar surface area (TPSA) is 71.1 Å². The van der Waals surface area contributed by atoms with Crippen molar-refractivity contribution < 1.29 is 28.5 Å². The average molecular weight is 463 g/mol. The number of methoxy groups -OCH3 is 2. The van der Waals surface area contributed by atoms with Crippen molar-refractivity contribution in [1.29, 1.82) is 0 Å². The van der Waals surface area contributed by atoms with E-state index in [-0.39, 0.29) is 13.2 Å². The molecule has 0 saturated carbocycles. The van der Waals surface area contributed by atoms with E-state index in [0.717, 1.165) is 33.4 Å². The van der Waals surface area contributed by atoms with Gasteiger partial charge in [0.25, 0.3) is 0 Å². The molecule has 3 aromatic carbocycles. The van der Waals surface area contributed by atoms with Gasteiger partial charge in [0.15, 0.2) is 0 Å². The van der Waals surface area contributed by atoms with Crippen LogP contribution in [0.15, 0.2) is 48.5 Å². The number of carbonyl (C=O) groups excluding carboxylic acids is 2. The minimum Gasteiger partial charge on any atom is -0.425 e. The molecule has 0 bridgehead atoms. The highest BCUT2D eigenvalue weighted by Crippen LogP contribution is 2.44. The molecule has 0 aromatic heterocycles. The summed E-state index contributed by atoms with van der Waals surface area (Å²) in [4.78, 5) is 24.8. The van der Waals surface area contributed by atoms with Crippen molar-refractivity contribution in [1.82, 2.24) is 0 Å². The predicted octanol–water partition coefficient (Wildman–Crippen LogP) is 5.36. The second-order valence-corrected chi connectivity index (χ2v) is 8.30. The Morgan fingerprint density at radius 1 is 0.618 bits per heavy atom. The smallest absolute Gasteiger partial charge is 0.337 e. The van der Waals surface area contributed by atoms with Crippen molar-refractivity contribution in [3.05, 3.63) is 70.8 Å². The maximum atomic E-state index is 12.6. The lowest BCUT2D eigenvalue weighted by molar-refractivity contribution is -0.139. The van der Waals surface area contributed by atoms with E-state index in [1.54, 1.807) is 12.1 Å². The van der Waals surface area contributed by atoms with Gasteiger partial charge in [-0.2, -0.15) is 0 Å². The number of hydrogen-bond acceptors (Lipinski definition) is 6. The molecule has 0 spiro atoms. The van der Waals surface area contributed by atoms with E-state index >= 15 is 0 Å². The molecule has 0 fully saturated rings. The van der Waals surface area contributed by atoms with Gasteiger partial charge in [0.05, 0.1) is 0 Å². The van der Waals surface area contributed by atoms with E-state index in [2.05, 4.69) is 12.1 Å². The van der Waals surface area contributed by atoms with Gasteiger partial charge in [-0.05, 0) is 62.1 Å². The van der Waals surface area contributed by atoms with Crippen LogP contribution in [0.1, 0.15) is 22.3 Å². The standard InChI is InChI=1S/C28H30O6/c1-17-7-9-22(19(3)11-17)24-13-21(33-26(29)15-31-5)14-25(28(24)34-27(30)16-32-6)23-10-8-18(2)12-20(23)4/h7-14H,15-16H2,1-6H3. The molecule has 3 rings (SSSR count). The third kappa shape index (κ3) is 5.90. The number of esters is 2. The van der Waals surface area contributed by atoms with Gasteiger partial charge < -0.3 is 18.9 Å². The molecule has 0 saturated heterocycles. The largest absolute Gasteiger partial charge is 0.425 e. The lowest BCUT2D eigenvalue weighted by Gasteiger charge is -2.20. The van der Waals surface area contributed by atoms with Gasteiger partial charge in [0.2, 0.25) is 0 Å². The van der Waals surface area contributed by atoms with Crippen molar-refractivity contribution in [3.8, 4) is 33.8 Å². The Morgan fingerprint density at radius 2 is 1.06 bits per heavy atom. The Hall–Kier alpha value is -3.48. The number of rotatable bonds is 8. The van der Waals surface area contributed by atoms with Crippen LogP contribution in [0.25, 0.3) is 22.3 Å². The van der Waals surface area contributed by atoms with E-state index < -0.39 is 11.9 Å². The fourth-order valence-corrected chi connectivity index (χ4v) is 3.94. The van der Waals surface area contributed by atoms with Crippen LogP contribution in [0.3, 0.4) is 0 Å². The molecule has 0 radical (unpaired) electrons. The van der Waals surface area contributed by atoms with E-state index in [9.17, 15) is 9.59 Å². The van der Waals surface area contributed by atoms with Crippen molar-refractivity contribution >= 4 is 11.9 Å². The molecular weight excluding hydrogens is 432 g/mol. The van der Waals surface area contributed by atoms with Crippen LogP contribution in [0.2, 0.25) is 0 Å². The van der Waals surface area contributed by atoms with E-state index in [1.165, 1.54) is 14.2 Å². The van der Waals surface area contributed by atoms with Crippen molar-refractivity contribution in [2.75, 3.05) is 27.4 Å². The number of hydrogen-bond donors (Lipinski definition) is 0. The molecule has 0 atom stereocenters. The molecule has 0 N–H and O–H groups in total. The molecule has 6 heteroatoms. The van der Waals surface area contributed by atoms with Crippen LogP contribution in [-0.2, 0) is 19.1 Å². The van der Waals surface area contributed by atoms with Crippen LogP contribution in [-0.4, -0.2) is 39.4 Å². The normalized spacial score (nSPS) is 10.8. The number of ether oxygens (including phenoxy) is 4. The van der Waals surface area contributed by atoms with Crippen LogP contribution >= 0.6 is 0 Å². The second kappa shape index (κ2) is 11.1. The molecular formula is C28H30O6. The summed E-state index contributed by atoms with van der Waals surface area (Å²) >= 11 is 0. The van der Waals surface area contributed by atoms with Gasteiger partial charge in [-0.15, -0.1) is 0 Å². The molecule has 3 aromatic rings. The molecule has 178 valence electrons. The van der Waals surface area contributed by atoms with Gasteiger partial charge in [-0.25, -0.2) is 9.59 Å². The highest BCUT2D eigenvalue weighted by molar-refractivity contribution is 5.90. The third-order valence-electron chi connectivity index (χ3n) is 5.38. The first kappa shape index (κ1) is 25.1. The number of benzene rings is 3. The predicted molar refractivity (Wildman–Crippen MR) is 131 cm³/mol. The quantitative estimate of drug-likeness (QED) is 0.332. The van der Waals surface area contributed by atoms with Crippen LogP contribution in [0.4, 0.5) is 0 Å². The van der Waals surface area contributed by atoms with Crippen LogP contribution < -0.4 is 9.47 Å². The summed E-state index contributed by atoms with van der Waals surface area (Å²) in [6.07, 6.45) is 0. The van der Waals surface area contributed by atoms with E-state index in [0.29, 0.717) is 22.6 Å². The van der Waals surface area contributed by atoms with Gasteiger partial charge in [0, 0.05) is 25.3 Å². The van der Waals surface area contributed by atoms with E-state index in [4.69, 9.17) is 18.9 Å². The second-order valence-electron chi connectivity index (χ2n) is 8.30. The zero-order valence-electron chi connectivity index (χ0n) is 20.5. The summed E-state index contributed by atoms with van der Waals surface area (Å²) in [7, 11) is 2.87. The summed E-state index contributed by atoms with van der Waals surface area (Å²) in [5.41, 5.74) is 7.21. The Bertz CT molecular complexity index is 1140. The van der Waals surface area contributed by atoms with E-state index in [1.807, 2.05) is 52.0 Å². The summed E-state index contributed by atoms with van der Waals surface area (Å²) in [6.45, 7) is 7.64. The lowest BCUT2D eigenvalue weighted by Crippen LogP contribution is -2.16. The van der Waals surface area contributed by atoms with Gasteiger partial charge in [0.1, 0.15) is 24.7 Å². The number of carbonyl (C=O) groups is 2. The molecule has 6 nitrogen and oxygen atoms in total. The maximum Gasteiger partial charge on any atom is 0.337 e. The molecule has 0 amide bonds. The third-order valence-corrected chi connectivity index (χ3v) is 5.38. The van der Waals surface area contributed by atoms with Crippen LogP contribution in [0.5, 0.6) is 11.5 Å². The Balaban J connectivity index is 2.32. The van der Waals surface area contributed by atoms with Crippen molar-refractivity contribution in [2.24, 2.45) is 0 Å². The minimum atomic E-state index is -0.524. The van der Waals surface area contributed by atoms with Crippen molar-refractivity contribution in [3.63, 3.8) is 0 Å². The zero-order chi connectivity index (χ0) is 24.8. The summed E-state index contributed by atoms with van der Waals surface area (Å²) in [6, 6.07) is 15.5. The minimum absolute atomic E-state index is 0.178. The average Bonchev–Trinajstić information content (AvgIpc) is 2.75. The molecule has 0 unspecified atom stereocenters. The zero-order valence-corrected chi connectivity index (χ0v) is 20.5. The highest BCUT2D eigenvalue weighted by Gasteiger charge is 2.22. The summed E-state index contributed by atoms with van der Waals surface area (Å²) in [5, 5.41) is 0. The monoisotopic (exact) mass is 462 g/mol. The lowest BCUT2D eigenvalue weighted by atomic mass is 9.91. The van der Waals surface area contributed by atoms with Gasteiger partial charge >= 0.3 is 11.9 Å².